The fourth-order valence-electron chi connectivity index (χ4n) is 4.08. The van der Waals surface area contributed by atoms with Crippen molar-refractivity contribution < 1.29 is 23.8 Å². The van der Waals surface area contributed by atoms with Gasteiger partial charge in [0.05, 0.1) is 31.6 Å². The number of benzene rings is 1. The molecule has 2 aromatic heterocycles. The predicted molar refractivity (Wildman–Crippen MR) is 127 cm³/mol. The lowest BCUT2D eigenvalue weighted by atomic mass is 10.1. The summed E-state index contributed by atoms with van der Waals surface area (Å²) >= 11 is 1.15. The Kier molecular flexibility index (Phi) is 6.73. The summed E-state index contributed by atoms with van der Waals surface area (Å²) in [7, 11) is 4.36. The molecule has 0 saturated heterocycles. The van der Waals surface area contributed by atoms with Crippen molar-refractivity contribution in [3.63, 3.8) is 0 Å². The zero-order chi connectivity index (χ0) is 24.4. The molecule has 3 aromatic rings. The number of nitrogens with one attached hydrogen (secondary N) is 2. The molecule has 10 nitrogen and oxygen atoms in total. The fraction of sp³-hybridized carbons (Fsp3) is 0.391. The quantitative estimate of drug-likeness (QED) is 0.532. The molecule has 0 bridgehead atoms. The number of aryl methyl sites for hydroxylation is 2. The molecule has 0 spiro atoms. The number of thiophene rings is 1. The molecule has 2 N–H and O–H groups in total. The van der Waals surface area contributed by atoms with E-state index in [0.717, 1.165) is 42.8 Å². The number of ether oxygens (including phenoxy) is 3. The number of aromatic nitrogens is 2. The van der Waals surface area contributed by atoms with Crippen molar-refractivity contribution >= 4 is 33.4 Å². The van der Waals surface area contributed by atoms with Crippen LogP contribution in [0.3, 0.4) is 0 Å². The van der Waals surface area contributed by atoms with E-state index in [-0.39, 0.29) is 11.1 Å². The van der Waals surface area contributed by atoms with Crippen LogP contribution in [0.4, 0.5) is 0 Å². The van der Waals surface area contributed by atoms with E-state index in [1.165, 1.54) is 33.5 Å². The van der Waals surface area contributed by atoms with Gasteiger partial charge in [-0.05, 0) is 37.5 Å². The number of carbonyl (C=O) groups is 2. The Labute approximate surface area is 199 Å². The Morgan fingerprint density at radius 2 is 1.68 bits per heavy atom. The van der Waals surface area contributed by atoms with E-state index in [0.29, 0.717) is 44.5 Å². The van der Waals surface area contributed by atoms with E-state index in [1.807, 2.05) is 0 Å². The molecule has 0 fully saturated rings. The number of hydrazine groups is 1. The van der Waals surface area contributed by atoms with Gasteiger partial charge in [0.25, 0.3) is 17.4 Å². The van der Waals surface area contributed by atoms with Crippen molar-refractivity contribution in [3.8, 4) is 17.2 Å². The van der Waals surface area contributed by atoms with Crippen LogP contribution in [-0.2, 0) is 13.0 Å². The topological polar surface area (TPSA) is 121 Å². The van der Waals surface area contributed by atoms with E-state index >= 15 is 0 Å². The second kappa shape index (κ2) is 9.72. The molecule has 1 aliphatic heterocycles. The van der Waals surface area contributed by atoms with Crippen LogP contribution in [0.5, 0.6) is 17.2 Å². The van der Waals surface area contributed by atoms with Crippen molar-refractivity contribution in [3.05, 3.63) is 44.3 Å². The van der Waals surface area contributed by atoms with Gasteiger partial charge >= 0.3 is 0 Å². The lowest BCUT2D eigenvalue weighted by Gasteiger charge is -2.14. The number of amides is 2. The van der Waals surface area contributed by atoms with Crippen LogP contribution in [0.1, 0.15) is 50.7 Å². The number of fused-ring (bicyclic) bond motifs is 2. The van der Waals surface area contributed by atoms with Crippen LogP contribution in [0.15, 0.2) is 16.9 Å². The number of hydrogen-bond donors (Lipinski definition) is 2. The molecule has 180 valence electrons. The van der Waals surface area contributed by atoms with Crippen molar-refractivity contribution in [2.75, 3.05) is 21.3 Å². The summed E-state index contributed by atoms with van der Waals surface area (Å²) in [6, 6.07) is 2.96. The van der Waals surface area contributed by atoms with Gasteiger partial charge < -0.3 is 14.2 Å². The molecule has 0 atom stereocenters. The minimum Gasteiger partial charge on any atom is -0.493 e. The smallest absolute Gasteiger partial charge is 0.280 e. The third kappa shape index (κ3) is 4.18. The molecule has 11 heteroatoms. The number of hydrogen-bond acceptors (Lipinski definition) is 8. The van der Waals surface area contributed by atoms with Crippen molar-refractivity contribution in [2.45, 2.75) is 39.2 Å². The first-order valence-electron chi connectivity index (χ1n) is 10.8. The number of nitrogens with zero attached hydrogens (tertiary/aromatic N) is 2. The van der Waals surface area contributed by atoms with E-state index < -0.39 is 11.8 Å². The summed E-state index contributed by atoms with van der Waals surface area (Å²) in [5.41, 5.74) is 5.46. The van der Waals surface area contributed by atoms with Gasteiger partial charge in [-0.15, -0.1) is 11.3 Å². The van der Waals surface area contributed by atoms with E-state index in [2.05, 4.69) is 15.8 Å². The summed E-state index contributed by atoms with van der Waals surface area (Å²) in [4.78, 5) is 44.2. The standard InChI is InChI=1S/C23H26N4O6S/c1-12-17-22(24-16-8-6-5-7-9-27(16)23(17)30)34-19(12)21(29)26-25-20(28)13-10-14(31-2)18(33-4)15(11-13)32-3/h10-11H,5-9H2,1-4H3,(H,25,28)(H,26,29). The van der Waals surface area contributed by atoms with Crippen LogP contribution >= 0.6 is 11.3 Å². The largest absolute Gasteiger partial charge is 0.493 e. The predicted octanol–water partition coefficient (Wildman–Crippen LogP) is 2.59. The van der Waals surface area contributed by atoms with Gasteiger partial charge in [0.2, 0.25) is 5.75 Å². The van der Waals surface area contributed by atoms with Crippen LogP contribution in [0, 0.1) is 6.92 Å². The number of rotatable bonds is 5. The highest BCUT2D eigenvalue weighted by Crippen LogP contribution is 2.38. The minimum atomic E-state index is -0.573. The van der Waals surface area contributed by atoms with Crippen LogP contribution in [0.2, 0.25) is 0 Å². The summed E-state index contributed by atoms with van der Waals surface area (Å²) in [5, 5.41) is 0.455. The Balaban J connectivity index is 1.57. The van der Waals surface area contributed by atoms with Gasteiger partial charge in [-0.2, -0.15) is 0 Å². The maximum Gasteiger partial charge on any atom is 0.280 e. The highest BCUT2D eigenvalue weighted by atomic mass is 32.1. The van der Waals surface area contributed by atoms with Crippen LogP contribution < -0.4 is 30.6 Å². The van der Waals surface area contributed by atoms with Gasteiger partial charge in [0.15, 0.2) is 11.5 Å². The van der Waals surface area contributed by atoms with Gasteiger partial charge in [0.1, 0.15) is 10.7 Å². The maximum absolute atomic E-state index is 13.1. The molecule has 4 rings (SSSR count). The van der Waals surface area contributed by atoms with E-state index in [9.17, 15) is 14.4 Å². The van der Waals surface area contributed by atoms with Crippen molar-refractivity contribution in [2.24, 2.45) is 0 Å². The molecule has 0 radical (unpaired) electrons. The summed E-state index contributed by atoms with van der Waals surface area (Å²) < 4.78 is 17.5. The average Bonchev–Trinajstić information content (AvgIpc) is 3.01. The second-order valence-electron chi connectivity index (χ2n) is 7.85. The number of carbonyl (C=O) groups excluding carboxylic acids is 2. The molecule has 0 unspecified atom stereocenters. The first-order chi connectivity index (χ1) is 16.4. The third-order valence-electron chi connectivity index (χ3n) is 5.83. The molecule has 1 aliphatic rings. The number of methoxy groups -OCH3 is 3. The van der Waals surface area contributed by atoms with Crippen LogP contribution in [0.25, 0.3) is 10.2 Å². The average molecular weight is 487 g/mol. The molecular formula is C23H26N4O6S. The molecule has 1 aromatic carbocycles. The lowest BCUT2D eigenvalue weighted by molar-refractivity contribution is 0.0848. The summed E-state index contributed by atoms with van der Waals surface area (Å²) in [5.74, 6) is 0.634. The monoisotopic (exact) mass is 486 g/mol. The zero-order valence-corrected chi connectivity index (χ0v) is 20.3. The highest BCUT2D eigenvalue weighted by Gasteiger charge is 2.23. The SMILES string of the molecule is COc1cc(C(=O)NNC(=O)c2sc3nc4n(c(=O)c3c2C)CCCCC4)cc(OC)c1OC. The molecular weight excluding hydrogens is 460 g/mol. The summed E-state index contributed by atoms with van der Waals surface area (Å²) in [6.07, 6.45) is 3.73. The molecule has 34 heavy (non-hydrogen) atoms. The molecule has 2 amide bonds. The first kappa shape index (κ1) is 23.6. The Morgan fingerprint density at radius 1 is 1.00 bits per heavy atom. The minimum absolute atomic E-state index is 0.115. The normalized spacial score (nSPS) is 13.1. The van der Waals surface area contributed by atoms with Gasteiger partial charge in [0, 0.05) is 18.5 Å². The lowest BCUT2D eigenvalue weighted by Crippen LogP contribution is -2.41. The first-order valence-corrected chi connectivity index (χ1v) is 11.6. The zero-order valence-electron chi connectivity index (χ0n) is 19.4. The van der Waals surface area contributed by atoms with Crippen molar-refractivity contribution in [1.82, 2.24) is 20.4 Å². The van der Waals surface area contributed by atoms with E-state index in [1.54, 1.807) is 11.5 Å². The Morgan fingerprint density at radius 3 is 2.32 bits per heavy atom. The second-order valence-corrected chi connectivity index (χ2v) is 8.85. The molecule has 3 heterocycles. The molecule has 0 saturated carbocycles. The third-order valence-corrected chi connectivity index (χ3v) is 7.02. The van der Waals surface area contributed by atoms with Gasteiger partial charge in [-0.1, -0.05) is 6.42 Å². The molecule has 0 aliphatic carbocycles. The fourth-order valence-corrected chi connectivity index (χ4v) is 5.17. The van der Waals surface area contributed by atoms with Gasteiger partial charge in [-0.25, -0.2) is 4.98 Å². The highest BCUT2D eigenvalue weighted by molar-refractivity contribution is 7.20. The van der Waals surface area contributed by atoms with Crippen LogP contribution in [-0.4, -0.2) is 42.7 Å². The van der Waals surface area contributed by atoms with Crippen molar-refractivity contribution in [1.29, 1.82) is 0 Å². The van der Waals surface area contributed by atoms with E-state index in [4.69, 9.17) is 14.2 Å². The Hall–Kier alpha value is -3.60. The van der Waals surface area contributed by atoms with Gasteiger partial charge in [-0.3, -0.25) is 29.8 Å². The maximum atomic E-state index is 13.1. The summed E-state index contributed by atoms with van der Waals surface area (Å²) in [6.45, 7) is 2.36. The Bertz CT molecular complexity index is 1300.